The first kappa shape index (κ1) is 21.2. The first-order chi connectivity index (χ1) is 14.1. The lowest BCUT2D eigenvalue weighted by Gasteiger charge is -2.30. The summed E-state index contributed by atoms with van der Waals surface area (Å²) in [4.78, 5) is 14.9. The average Bonchev–Trinajstić information content (AvgIpc) is 2.75. The number of hydrogen-bond acceptors (Lipinski definition) is 4. The molecule has 0 bridgehead atoms. The van der Waals surface area contributed by atoms with Crippen LogP contribution in [0.25, 0.3) is 0 Å². The van der Waals surface area contributed by atoms with Gasteiger partial charge in [0.2, 0.25) is 5.91 Å². The largest absolute Gasteiger partial charge is 0.497 e. The van der Waals surface area contributed by atoms with Gasteiger partial charge in [0.05, 0.1) is 20.6 Å². The molecule has 156 valence electrons. The summed E-state index contributed by atoms with van der Waals surface area (Å²) in [6.07, 6.45) is 2.84. The number of carbonyl (C=O) groups is 1. The summed E-state index contributed by atoms with van der Waals surface area (Å²) in [5, 5.41) is 3.00. The van der Waals surface area contributed by atoms with Crippen molar-refractivity contribution in [3.05, 3.63) is 59.2 Å². The van der Waals surface area contributed by atoms with Crippen LogP contribution in [0.2, 0.25) is 0 Å². The van der Waals surface area contributed by atoms with Gasteiger partial charge in [0, 0.05) is 18.7 Å². The average molecular weight is 397 g/mol. The fourth-order valence-electron chi connectivity index (χ4n) is 3.70. The molecule has 1 heterocycles. The van der Waals surface area contributed by atoms with Gasteiger partial charge in [-0.25, -0.2) is 0 Å². The summed E-state index contributed by atoms with van der Waals surface area (Å²) in [6, 6.07) is 14.0. The highest BCUT2D eigenvalue weighted by atomic mass is 16.5. The van der Waals surface area contributed by atoms with Crippen molar-refractivity contribution in [2.24, 2.45) is 5.92 Å². The number of likely N-dealkylation sites (tertiary alicyclic amines) is 1. The van der Waals surface area contributed by atoms with E-state index in [0.717, 1.165) is 23.6 Å². The Balaban J connectivity index is 1.49. The molecule has 0 spiro atoms. The smallest absolute Gasteiger partial charge is 0.224 e. The molecule has 1 N–H and O–H groups in total. The van der Waals surface area contributed by atoms with Crippen molar-refractivity contribution in [1.29, 1.82) is 0 Å². The number of methoxy groups -OCH3 is 2. The lowest BCUT2D eigenvalue weighted by Crippen LogP contribution is -2.32. The lowest BCUT2D eigenvalue weighted by molar-refractivity contribution is -0.120. The van der Waals surface area contributed by atoms with E-state index in [0.29, 0.717) is 18.0 Å². The fraction of sp³-hybridized carbons (Fsp3) is 0.458. The normalized spacial score (nSPS) is 15.1. The van der Waals surface area contributed by atoms with Crippen LogP contribution in [0.3, 0.4) is 0 Å². The molecule has 1 saturated heterocycles. The van der Waals surface area contributed by atoms with Gasteiger partial charge in [-0.1, -0.05) is 31.2 Å². The summed E-state index contributed by atoms with van der Waals surface area (Å²) in [7, 11) is 3.22. The maximum atomic E-state index is 12.4. The summed E-state index contributed by atoms with van der Waals surface area (Å²) >= 11 is 0. The molecule has 0 saturated carbocycles. The Bertz CT molecular complexity index is 796. The van der Waals surface area contributed by atoms with Gasteiger partial charge in [0.25, 0.3) is 0 Å². The first-order valence-electron chi connectivity index (χ1n) is 10.3. The van der Waals surface area contributed by atoms with E-state index < -0.39 is 0 Å². The van der Waals surface area contributed by atoms with Crippen molar-refractivity contribution in [2.75, 3.05) is 27.3 Å². The molecule has 1 fully saturated rings. The Morgan fingerprint density at radius 2 is 1.72 bits per heavy atom. The zero-order valence-corrected chi connectivity index (χ0v) is 17.7. The molecule has 1 amide bonds. The second-order valence-corrected chi connectivity index (χ2v) is 7.91. The monoisotopic (exact) mass is 396 g/mol. The van der Waals surface area contributed by atoms with Crippen molar-refractivity contribution in [1.82, 2.24) is 10.2 Å². The van der Waals surface area contributed by atoms with Crippen LogP contribution in [0.15, 0.2) is 42.5 Å². The van der Waals surface area contributed by atoms with E-state index in [1.807, 2.05) is 18.2 Å². The van der Waals surface area contributed by atoms with Crippen LogP contribution in [0.4, 0.5) is 0 Å². The summed E-state index contributed by atoms with van der Waals surface area (Å²) in [6.45, 7) is 6.24. The molecular weight excluding hydrogens is 364 g/mol. The van der Waals surface area contributed by atoms with Crippen LogP contribution < -0.4 is 14.8 Å². The Labute approximate surface area is 174 Å². The Kier molecular flexibility index (Phi) is 7.53. The number of hydrogen-bond donors (Lipinski definition) is 1. The predicted octanol–water partition coefficient (Wildman–Crippen LogP) is 3.79. The van der Waals surface area contributed by atoms with Gasteiger partial charge in [-0.2, -0.15) is 0 Å². The maximum Gasteiger partial charge on any atom is 0.224 e. The molecule has 0 unspecified atom stereocenters. The number of nitrogens with zero attached hydrogens (tertiary/aromatic N) is 1. The summed E-state index contributed by atoms with van der Waals surface area (Å²) < 4.78 is 10.6. The fourth-order valence-corrected chi connectivity index (χ4v) is 3.70. The number of nitrogens with one attached hydrogen (secondary N) is 1. The van der Waals surface area contributed by atoms with Crippen molar-refractivity contribution in [3.8, 4) is 11.5 Å². The number of rotatable bonds is 8. The lowest BCUT2D eigenvalue weighted by atomic mass is 9.99. The minimum Gasteiger partial charge on any atom is -0.497 e. The molecule has 2 aromatic carbocycles. The SMILES string of the molecule is COc1ccc(OC)c(CC(=O)NCc2ccc(CN3CCC(C)CC3)cc2)c1. The molecule has 0 atom stereocenters. The molecule has 1 aliphatic heterocycles. The van der Waals surface area contributed by atoms with Gasteiger partial charge >= 0.3 is 0 Å². The number of carbonyl (C=O) groups excluding carboxylic acids is 1. The molecule has 5 nitrogen and oxygen atoms in total. The third kappa shape index (κ3) is 6.23. The highest BCUT2D eigenvalue weighted by molar-refractivity contribution is 5.79. The molecule has 0 aromatic heterocycles. The van der Waals surface area contributed by atoms with Crippen molar-refractivity contribution < 1.29 is 14.3 Å². The quantitative estimate of drug-likeness (QED) is 0.738. The van der Waals surface area contributed by atoms with Crippen LogP contribution in [0.1, 0.15) is 36.5 Å². The summed E-state index contributed by atoms with van der Waals surface area (Å²) in [5.74, 6) is 2.22. The van der Waals surface area contributed by atoms with Crippen LogP contribution in [-0.4, -0.2) is 38.1 Å². The molecule has 3 rings (SSSR count). The number of amides is 1. The molecule has 1 aliphatic rings. The van der Waals surface area contributed by atoms with Gasteiger partial charge in [-0.3, -0.25) is 9.69 Å². The van der Waals surface area contributed by atoms with E-state index >= 15 is 0 Å². The van der Waals surface area contributed by atoms with Crippen LogP contribution >= 0.6 is 0 Å². The van der Waals surface area contributed by atoms with E-state index in [1.165, 1.54) is 31.5 Å². The first-order valence-corrected chi connectivity index (χ1v) is 10.3. The van der Waals surface area contributed by atoms with Crippen molar-refractivity contribution in [3.63, 3.8) is 0 Å². The molecule has 5 heteroatoms. The van der Waals surface area contributed by atoms with Gasteiger partial charge in [-0.05, 0) is 61.2 Å². The molecule has 0 aliphatic carbocycles. The van der Waals surface area contributed by atoms with Gasteiger partial charge < -0.3 is 14.8 Å². The third-order valence-corrected chi connectivity index (χ3v) is 5.63. The minimum atomic E-state index is -0.0388. The number of ether oxygens (including phenoxy) is 2. The molecular formula is C24H32N2O3. The third-order valence-electron chi connectivity index (χ3n) is 5.63. The zero-order valence-electron chi connectivity index (χ0n) is 17.7. The second kappa shape index (κ2) is 10.3. The predicted molar refractivity (Wildman–Crippen MR) is 115 cm³/mol. The topological polar surface area (TPSA) is 50.8 Å². The summed E-state index contributed by atoms with van der Waals surface area (Å²) in [5.41, 5.74) is 3.25. The van der Waals surface area contributed by atoms with Crippen LogP contribution in [-0.2, 0) is 24.3 Å². The van der Waals surface area contributed by atoms with E-state index in [-0.39, 0.29) is 12.3 Å². The minimum absolute atomic E-state index is 0.0388. The van der Waals surface area contributed by atoms with E-state index in [9.17, 15) is 4.79 Å². The highest BCUT2D eigenvalue weighted by Gasteiger charge is 2.15. The van der Waals surface area contributed by atoms with E-state index in [2.05, 4.69) is 41.4 Å². The standard InChI is InChI=1S/C24H32N2O3/c1-18-10-12-26(13-11-18)17-20-6-4-19(5-7-20)16-25-24(27)15-21-14-22(28-2)8-9-23(21)29-3/h4-9,14,18H,10-13,15-17H2,1-3H3,(H,25,27). The van der Waals surface area contributed by atoms with Crippen LogP contribution in [0, 0.1) is 5.92 Å². The van der Waals surface area contributed by atoms with Crippen molar-refractivity contribution in [2.45, 2.75) is 39.3 Å². The van der Waals surface area contributed by atoms with Crippen molar-refractivity contribution >= 4 is 5.91 Å². The Hall–Kier alpha value is -2.53. The number of piperidine rings is 1. The molecule has 29 heavy (non-hydrogen) atoms. The van der Waals surface area contributed by atoms with E-state index in [4.69, 9.17) is 9.47 Å². The van der Waals surface area contributed by atoms with Gasteiger partial charge in [-0.15, -0.1) is 0 Å². The maximum absolute atomic E-state index is 12.4. The van der Waals surface area contributed by atoms with E-state index in [1.54, 1.807) is 14.2 Å². The second-order valence-electron chi connectivity index (χ2n) is 7.91. The molecule has 2 aromatic rings. The van der Waals surface area contributed by atoms with Crippen LogP contribution in [0.5, 0.6) is 11.5 Å². The Morgan fingerprint density at radius 1 is 1.03 bits per heavy atom. The van der Waals surface area contributed by atoms with Gasteiger partial charge in [0.1, 0.15) is 11.5 Å². The Morgan fingerprint density at radius 3 is 2.38 bits per heavy atom. The van der Waals surface area contributed by atoms with Gasteiger partial charge in [0.15, 0.2) is 0 Å². The number of benzene rings is 2. The highest BCUT2D eigenvalue weighted by Crippen LogP contribution is 2.24. The zero-order chi connectivity index (χ0) is 20.6. The molecule has 0 radical (unpaired) electrons.